The quantitative estimate of drug-likeness (QED) is 0.585. The molecule has 2 saturated heterocycles. The van der Waals surface area contributed by atoms with Crippen LogP contribution in [0.1, 0.15) is 5.56 Å². The van der Waals surface area contributed by atoms with Crippen LogP contribution in [-0.2, 0) is 20.9 Å². The molecule has 1 N–H and O–H groups in total. The number of hydrogen-bond donors (Lipinski definition) is 1. The summed E-state index contributed by atoms with van der Waals surface area (Å²) in [7, 11) is 4.53. The molecule has 0 radical (unpaired) electrons. The van der Waals surface area contributed by atoms with Gasteiger partial charge in [-0.25, -0.2) is 0 Å². The highest BCUT2D eigenvalue weighted by Crippen LogP contribution is 2.52. The molecule has 6 rings (SSSR count). The second-order valence-corrected chi connectivity index (χ2v) is 9.19. The Morgan fingerprint density at radius 2 is 1.83 bits per heavy atom. The molecule has 1 spiro atoms. The minimum Gasteiger partial charge on any atom is -0.493 e. The normalized spacial score (nSPS) is 26.8. The summed E-state index contributed by atoms with van der Waals surface area (Å²) in [5.74, 6) is 0.931. The second kappa shape index (κ2) is 8.34. The molecule has 10 heteroatoms. The minimum absolute atomic E-state index is 0.107. The molecule has 0 saturated carbocycles. The van der Waals surface area contributed by atoms with Gasteiger partial charge in [-0.1, -0.05) is 18.2 Å². The van der Waals surface area contributed by atoms with Gasteiger partial charge in [-0.2, -0.15) is 0 Å². The molecule has 4 aliphatic heterocycles. The van der Waals surface area contributed by atoms with E-state index in [4.69, 9.17) is 28.4 Å². The van der Waals surface area contributed by atoms with Crippen molar-refractivity contribution in [3.63, 3.8) is 0 Å². The molecule has 0 unspecified atom stereocenters. The number of methoxy groups -OCH3 is 3. The number of hydrogen-bond acceptors (Lipinski definition) is 8. The number of carbonyl (C=O) groups is 2. The lowest BCUT2D eigenvalue weighted by Crippen LogP contribution is -2.41. The fraction of sp³-hybridized carbons (Fsp3) is 0.385. The van der Waals surface area contributed by atoms with Gasteiger partial charge >= 0.3 is 0 Å². The molecular weight excluding hydrogens is 468 g/mol. The van der Waals surface area contributed by atoms with Gasteiger partial charge in [0.05, 0.1) is 45.8 Å². The SMILES string of the molecule is COc1cc(NC(=O)[C@H]2[C@@H]3C=C[C@@]4(CN(Cc5ccc6c(c5)OCO6)C(=O)[C@H]24)O3)cc(OC)c1OC. The van der Waals surface area contributed by atoms with E-state index in [1.165, 1.54) is 21.3 Å². The van der Waals surface area contributed by atoms with Crippen molar-refractivity contribution in [3.8, 4) is 28.7 Å². The smallest absolute Gasteiger partial charge is 0.231 e. The molecule has 2 amide bonds. The zero-order valence-electron chi connectivity index (χ0n) is 20.1. The number of likely N-dealkylation sites (tertiary alicyclic amines) is 1. The Labute approximate surface area is 207 Å². The lowest BCUT2D eigenvalue weighted by Gasteiger charge is -2.24. The van der Waals surface area contributed by atoms with E-state index < -0.39 is 23.5 Å². The Hall–Kier alpha value is -3.92. The Balaban J connectivity index is 1.23. The monoisotopic (exact) mass is 494 g/mol. The van der Waals surface area contributed by atoms with Crippen LogP contribution < -0.4 is 29.0 Å². The molecule has 4 heterocycles. The fourth-order valence-corrected chi connectivity index (χ4v) is 5.65. The van der Waals surface area contributed by atoms with E-state index in [0.29, 0.717) is 47.5 Å². The highest BCUT2D eigenvalue weighted by molar-refractivity contribution is 5.99. The number of amides is 2. The summed E-state index contributed by atoms with van der Waals surface area (Å²) in [5, 5.41) is 2.92. The van der Waals surface area contributed by atoms with E-state index >= 15 is 0 Å². The van der Waals surface area contributed by atoms with Gasteiger partial charge in [-0.15, -0.1) is 0 Å². The third-order valence-corrected chi connectivity index (χ3v) is 7.22. The molecule has 0 aliphatic carbocycles. The van der Waals surface area contributed by atoms with Crippen LogP contribution in [0.25, 0.3) is 0 Å². The van der Waals surface area contributed by atoms with Crippen LogP contribution in [0.5, 0.6) is 28.7 Å². The Morgan fingerprint density at radius 3 is 2.56 bits per heavy atom. The summed E-state index contributed by atoms with van der Waals surface area (Å²) >= 11 is 0. The van der Waals surface area contributed by atoms with Crippen molar-refractivity contribution in [1.29, 1.82) is 0 Å². The first-order valence-corrected chi connectivity index (χ1v) is 11.6. The van der Waals surface area contributed by atoms with Gasteiger partial charge in [-0.3, -0.25) is 9.59 Å². The number of nitrogens with one attached hydrogen (secondary N) is 1. The predicted molar refractivity (Wildman–Crippen MR) is 126 cm³/mol. The van der Waals surface area contributed by atoms with Crippen molar-refractivity contribution in [2.75, 3.05) is 40.0 Å². The van der Waals surface area contributed by atoms with E-state index in [1.807, 2.05) is 30.4 Å². The van der Waals surface area contributed by atoms with Gasteiger partial charge in [-0.05, 0) is 17.7 Å². The maximum atomic E-state index is 13.6. The first kappa shape index (κ1) is 22.5. The molecule has 2 aromatic rings. The van der Waals surface area contributed by atoms with Gasteiger partial charge in [0.2, 0.25) is 24.4 Å². The third kappa shape index (κ3) is 3.35. The summed E-state index contributed by atoms with van der Waals surface area (Å²) in [4.78, 5) is 28.8. The summed E-state index contributed by atoms with van der Waals surface area (Å²) in [6, 6.07) is 8.94. The topological polar surface area (TPSA) is 105 Å². The van der Waals surface area contributed by atoms with Crippen LogP contribution in [0.3, 0.4) is 0 Å². The molecule has 2 bridgehead atoms. The van der Waals surface area contributed by atoms with Gasteiger partial charge < -0.3 is 38.6 Å². The minimum atomic E-state index is -0.810. The average Bonchev–Trinajstić information content (AvgIpc) is 3.64. The molecule has 0 aromatic heterocycles. The first-order chi connectivity index (χ1) is 17.5. The third-order valence-electron chi connectivity index (χ3n) is 7.22. The zero-order valence-corrected chi connectivity index (χ0v) is 20.1. The van der Waals surface area contributed by atoms with Crippen LogP contribution in [-0.4, -0.2) is 63.1 Å². The maximum absolute atomic E-state index is 13.6. The average molecular weight is 495 g/mol. The number of nitrogens with zero attached hydrogens (tertiary/aromatic N) is 1. The molecule has 2 aromatic carbocycles. The lowest BCUT2D eigenvalue weighted by atomic mass is 9.77. The van der Waals surface area contributed by atoms with Crippen LogP contribution >= 0.6 is 0 Å². The highest BCUT2D eigenvalue weighted by atomic mass is 16.7. The number of rotatable bonds is 7. The first-order valence-electron chi connectivity index (χ1n) is 11.6. The number of benzene rings is 2. The number of carbonyl (C=O) groups excluding carboxylic acids is 2. The zero-order chi connectivity index (χ0) is 25.0. The van der Waals surface area contributed by atoms with E-state index in [0.717, 1.165) is 5.56 Å². The van der Waals surface area contributed by atoms with Crippen molar-refractivity contribution in [1.82, 2.24) is 4.90 Å². The summed E-state index contributed by atoms with van der Waals surface area (Å²) in [6.07, 6.45) is 3.35. The highest BCUT2D eigenvalue weighted by Gasteiger charge is 2.66. The van der Waals surface area contributed by atoms with Crippen molar-refractivity contribution in [2.24, 2.45) is 11.8 Å². The van der Waals surface area contributed by atoms with Crippen molar-refractivity contribution in [2.45, 2.75) is 18.2 Å². The summed E-state index contributed by atoms with van der Waals surface area (Å²) in [5.41, 5.74) is 0.578. The van der Waals surface area contributed by atoms with Gasteiger partial charge in [0, 0.05) is 24.4 Å². The molecule has 188 valence electrons. The second-order valence-electron chi connectivity index (χ2n) is 9.19. The van der Waals surface area contributed by atoms with Crippen LogP contribution in [0, 0.1) is 11.8 Å². The van der Waals surface area contributed by atoms with E-state index in [1.54, 1.807) is 17.0 Å². The van der Waals surface area contributed by atoms with Crippen LogP contribution in [0.2, 0.25) is 0 Å². The standard InChI is InChI=1S/C26H26N2O8/c1-31-19-9-15(10-20(32-2)23(19)33-3)27-24(29)21-17-6-7-26(36-17)12-28(25(30)22(21)26)11-14-4-5-16-18(8-14)35-13-34-16/h4-10,17,21-22H,11-13H2,1-3H3,(H,27,29)/t17-,21-,22-,26-/m0/s1. The Kier molecular flexibility index (Phi) is 5.22. The molecular formula is C26H26N2O8. The Morgan fingerprint density at radius 1 is 1.08 bits per heavy atom. The van der Waals surface area contributed by atoms with Gasteiger partial charge in [0.15, 0.2) is 23.0 Å². The molecule has 4 atom stereocenters. The largest absolute Gasteiger partial charge is 0.493 e. The van der Waals surface area contributed by atoms with Crippen molar-refractivity contribution < 1.29 is 38.0 Å². The molecule has 36 heavy (non-hydrogen) atoms. The molecule has 2 fully saturated rings. The number of ether oxygens (including phenoxy) is 6. The summed E-state index contributed by atoms with van der Waals surface area (Å²) in [6.45, 7) is 0.956. The van der Waals surface area contributed by atoms with Gasteiger partial charge in [0.1, 0.15) is 5.60 Å². The van der Waals surface area contributed by atoms with E-state index in [2.05, 4.69) is 5.32 Å². The predicted octanol–water partition coefficient (Wildman–Crippen LogP) is 2.36. The Bertz CT molecular complexity index is 1250. The van der Waals surface area contributed by atoms with Crippen LogP contribution in [0.15, 0.2) is 42.5 Å². The number of anilines is 1. The van der Waals surface area contributed by atoms with Gasteiger partial charge in [0.25, 0.3) is 0 Å². The van der Waals surface area contributed by atoms with Crippen molar-refractivity contribution >= 4 is 17.5 Å². The fourth-order valence-electron chi connectivity index (χ4n) is 5.65. The molecule has 10 nitrogen and oxygen atoms in total. The van der Waals surface area contributed by atoms with Crippen LogP contribution in [0.4, 0.5) is 5.69 Å². The van der Waals surface area contributed by atoms with E-state index in [9.17, 15) is 9.59 Å². The maximum Gasteiger partial charge on any atom is 0.231 e. The molecule has 4 aliphatic rings. The van der Waals surface area contributed by atoms with Crippen molar-refractivity contribution in [3.05, 3.63) is 48.0 Å². The van der Waals surface area contributed by atoms with E-state index in [-0.39, 0.29) is 18.6 Å². The summed E-state index contributed by atoms with van der Waals surface area (Å²) < 4.78 is 33.2. The number of fused-ring (bicyclic) bond motifs is 2. The lowest BCUT2D eigenvalue weighted by molar-refractivity contribution is -0.136.